The summed E-state index contributed by atoms with van der Waals surface area (Å²) in [7, 11) is 1.49. The molecule has 0 aliphatic heterocycles. The predicted octanol–water partition coefficient (Wildman–Crippen LogP) is 4.96. The molecule has 1 atom stereocenters. The van der Waals surface area contributed by atoms with Gasteiger partial charge >= 0.3 is 0 Å². The van der Waals surface area contributed by atoms with E-state index in [0.29, 0.717) is 21.9 Å². The van der Waals surface area contributed by atoms with Gasteiger partial charge in [0.15, 0.2) is 0 Å². The van der Waals surface area contributed by atoms with E-state index in [2.05, 4.69) is 0 Å². The highest BCUT2D eigenvalue weighted by atomic mass is 35.5. The lowest BCUT2D eigenvalue weighted by Gasteiger charge is -2.15. The topological polar surface area (TPSA) is 9.23 Å². The molecule has 2 aromatic carbocycles. The lowest BCUT2D eigenvalue weighted by atomic mass is 10.0. The molecule has 2 rings (SSSR count). The van der Waals surface area contributed by atoms with Crippen molar-refractivity contribution >= 4 is 23.2 Å². The molecule has 0 saturated heterocycles. The minimum atomic E-state index is -0.751. The highest BCUT2D eigenvalue weighted by Gasteiger charge is 2.17. The van der Waals surface area contributed by atoms with Crippen LogP contribution in [0.1, 0.15) is 16.5 Å². The fourth-order valence-electron chi connectivity index (χ4n) is 1.80. The zero-order valence-electron chi connectivity index (χ0n) is 9.96. The average molecular weight is 303 g/mol. The standard InChI is InChI=1S/C14H10Cl2F2O/c1-19-13-3-2-9(15)6-12(13)14(16)8-4-10(17)7-11(18)5-8/h2-7,14H,1H3. The number of hydrogen-bond acceptors (Lipinski definition) is 1. The number of ether oxygens (including phenoxy) is 1. The van der Waals surface area contributed by atoms with E-state index < -0.39 is 17.0 Å². The summed E-state index contributed by atoms with van der Waals surface area (Å²) in [5.41, 5.74) is 0.862. The number of benzene rings is 2. The van der Waals surface area contributed by atoms with E-state index in [1.165, 1.54) is 19.2 Å². The Balaban J connectivity index is 2.48. The number of rotatable bonds is 3. The second-order valence-electron chi connectivity index (χ2n) is 3.95. The maximum Gasteiger partial charge on any atom is 0.126 e. The van der Waals surface area contributed by atoms with E-state index in [4.69, 9.17) is 27.9 Å². The Morgan fingerprint density at radius 1 is 1.05 bits per heavy atom. The Bertz CT molecular complexity index is 582. The van der Waals surface area contributed by atoms with E-state index in [9.17, 15) is 8.78 Å². The summed E-state index contributed by atoms with van der Waals surface area (Å²) in [6.45, 7) is 0. The van der Waals surface area contributed by atoms with Crippen molar-refractivity contribution in [2.24, 2.45) is 0 Å². The molecule has 19 heavy (non-hydrogen) atoms. The van der Waals surface area contributed by atoms with Crippen molar-refractivity contribution in [1.82, 2.24) is 0 Å². The number of halogens is 4. The van der Waals surface area contributed by atoms with Crippen LogP contribution >= 0.6 is 23.2 Å². The zero-order valence-corrected chi connectivity index (χ0v) is 11.5. The molecule has 0 saturated carbocycles. The van der Waals surface area contributed by atoms with Gasteiger partial charge in [-0.25, -0.2) is 8.78 Å². The second kappa shape index (κ2) is 5.76. The first-order valence-electron chi connectivity index (χ1n) is 5.44. The van der Waals surface area contributed by atoms with Crippen molar-refractivity contribution in [3.8, 4) is 5.75 Å². The molecule has 0 N–H and O–H groups in total. The molecule has 5 heteroatoms. The Labute approximate surface area is 119 Å². The van der Waals surface area contributed by atoms with Crippen LogP contribution < -0.4 is 4.74 Å². The van der Waals surface area contributed by atoms with Gasteiger partial charge in [-0.3, -0.25) is 0 Å². The molecule has 0 fully saturated rings. The van der Waals surface area contributed by atoms with Gasteiger partial charge in [0, 0.05) is 16.7 Å². The van der Waals surface area contributed by atoms with Crippen LogP contribution in [0.25, 0.3) is 0 Å². The Kier molecular flexibility index (Phi) is 4.27. The third-order valence-corrected chi connectivity index (χ3v) is 3.36. The molecule has 100 valence electrons. The van der Waals surface area contributed by atoms with Gasteiger partial charge in [-0.05, 0) is 35.9 Å². The van der Waals surface area contributed by atoms with Gasteiger partial charge in [-0.15, -0.1) is 11.6 Å². The van der Waals surface area contributed by atoms with Crippen molar-refractivity contribution in [3.63, 3.8) is 0 Å². The van der Waals surface area contributed by atoms with E-state index in [0.717, 1.165) is 6.07 Å². The maximum absolute atomic E-state index is 13.2. The molecule has 0 heterocycles. The van der Waals surface area contributed by atoms with Crippen molar-refractivity contribution in [1.29, 1.82) is 0 Å². The Morgan fingerprint density at radius 3 is 2.26 bits per heavy atom. The smallest absolute Gasteiger partial charge is 0.126 e. The lowest BCUT2D eigenvalue weighted by Crippen LogP contribution is -1.99. The predicted molar refractivity (Wildman–Crippen MR) is 72.1 cm³/mol. The summed E-state index contributed by atoms with van der Waals surface area (Å²) >= 11 is 12.2. The fourth-order valence-corrected chi connectivity index (χ4v) is 2.28. The minimum Gasteiger partial charge on any atom is -0.496 e. The molecule has 0 aromatic heterocycles. The van der Waals surface area contributed by atoms with Gasteiger partial charge in [-0.2, -0.15) is 0 Å². The first-order chi connectivity index (χ1) is 9.01. The molecule has 0 aliphatic rings. The lowest BCUT2D eigenvalue weighted by molar-refractivity contribution is 0.410. The van der Waals surface area contributed by atoms with E-state index in [1.807, 2.05) is 0 Å². The third-order valence-electron chi connectivity index (χ3n) is 2.64. The third kappa shape index (κ3) is 3.17. The van der Waals surface area contributed by atoms with Crippen molar-refractivity contribution in [3.05, 3.63) is 64.2 Å². The van der Waals surface area contributed by atoms with Crippen LogP contribution in [0.2, 0.25) is 5.02 Å². The van der Waals surface area contributed by atoms with Crippen LogP contribution in [-0.2, 0) is 0 Å². The maximum atomic E-state index is 13.2. The monoisotopic (exact) mass is 302 g/mol. The normalized spacial score (nSPS) is 12.3. The largest absolute Gasteiger partial charge is 0.496 e. The summed E-state index contributed by atoms with van der Waals surface area (Å²) < 4.78 is 31.6. The highest BCUT2D eigenvalue weighted by molar-refractivity contribution is 6.31. The summed E-state index contributed by atoms with van der Waals surface area (Å²) in [6, 6.07) is 8.08. The van der Waals surface area contributed by atoms with Gasteiger partial charge in [0.05, 0.1) is 12.5 Å². The summed E-state index contributed by atoms with van der Waals surface area (Å²) in [5, 5.41) is -0.280. The van der Waals surface area contributed by atoms with Crippen molar-refractivity contribution in [2.45, 2.75) is 5.38 Å². The molecule has 1 unspecified atom stereocenters. The second-order valence-corrected chi connectivity index (χ2v) is 4.82. The van der Waals surface area contributed by atoms with Crippen LogP contribution in [0, 0.1) is 11.6 Å². The Morgan fingerprint density at radius 2 is 1.68 bits per heavy atom. The van der Waals surface area contributed by atoms with Gasteiger partial charge in [0.1, 0.15) is 17.4 Å². The van der Waals surface area contributed by atoms with Crippen molar-refractivity contribution < 1.29 is 13.5 Å². The quantitative estimate of drug-likeness (QED) is 0.729. The van der Waals surface area contributed by atoms with Gasteiger partial charge in [0.2, 0.25) is 0 Å². The highest BCUT2D eigenvalue weighted by Crippen LogP contribution is 2.37. The SMILES string of the molecule is COc1ccc(Cl)cc1C(Cl)c1cc(F)cc(F)c1. The van der Waals surface area contributed by atoms with Crippen molar-refractivity contribution in [2.75, 3.05) is 7.11 Å². The summed E-state index contributed by atoms with van der Waals surface area (Å²) in [6.07, 6.45) is 0. The molecule has 0 radical (unpaired) electrons. The molecule has 2 aromatic rings. The van der Waals surface area contributed by atoms with E-state index in [1.54, 1.807) is 18.2 Å². The molecular weight excluding hydrogens is 293 g/mol. The number of hydrogen-bond donors (Lipinski definition) is 0. The van der Waals surface area contributed by atoms with E-state index >= 15 is 0 Å². The number of methoxy groups -OCH3 is 1. The van der Waals surface area contributed by atoms with Crippen LogP contribution in [0.5, 0.6) is 5.75 Å². The molecular formula is C14H10Cl2F2O. The molecule has 0 spiro atoms. The van der Waals surface area contributed by atoms with Crippen LogP contribution in [-0.4, -0.2) is 7.11 Å². The fraction of sp³-hybridized carbons (Fsp3) is 0.143. The first kappa shape index (κ1) is 14.1. The van der Waals surface area contributed by atoms with Crippen LogP contribution in [0.3, 0.4) is 0 Å². The first-order valence-corrected chi connectivity index (χ1v) is 6.26. The molecule has 1 nitrogen and oxygen atoms in total. The molecule has 0 amide bonds. The van der Waals surface area contributed by atoms with Gasteiger partial charge in [0.25, 0.3) is 0 Å². The molecule has 0 bridgehead atoms. The van der Waals surface area contributed by atoms with Gasteiger partial charge in [-0.1, -0.05) is 11.6 Å². The summed E-state index contributed by atoms with van der Waals surface area (Å²) in [5.74, 6) is -0.850. The summed E-state index contributed by atoms with van der Waals surface area (Å²) in [4.78, 5) is 0. The van der Waals surface area contributed by atoms with E-state index in [-0.39, 0.29) is 0 Å². The van der Waals surface area contributed by atoms with Crippen LogP contribution in [0.4, 0.5) is 8.78 Å². The van der Waals surface area contributed by atoms with Crippen LogP contribution in [0.15, 0.2) is 36.4 Å². The average Bonchev–Trinajstić information content (AvgIpc) is 2.36. The zero-order chi connectivity index (χ0) is 14.0. The minimum absolute atomic E-state index is 0.305. The Hall–Kier alpha value is -1.32. The van der Waals surface area contributed by atoms with Gasteiger partial charge < -0.3 is 4.74 Å². The molecule has 0 aliphatic carbocycles. The number of alkyl halides is 1.